The molecule has 0 bridgehead atoms. The van der Waals surface area contributed by atoms with Crippen molar-refractivity contribution in [3.8, 4) is 5.69 Å². The summed E-state index contributed by atoms with van der Waals surface area (Å²) >= 11 is 12.2. The second-order valence-electron chi connectivity index (χ2n) is 6.78. The lowest BCUT2D eigenvalue weighted by molar-refractivity contribution is -0.130. The third-order valence-corrected chi connectivity index (χ3v) is 5.84. The maximum absolute atomic E-state index is 13.3. The van der Waals surface area contributed by atoms with Gasteiger partial charge in [-0.25, -0.2) is 4.68 Å². The van der Waals surface area contributed by atoms with Crippen LogP contribution in [0.15, 0.2) is 18.2 Å². The minimum Gasteiger partial charge on any atom is -0.339 e. The Morgan fingerprint density at radius 1 is 1.00 bits per heavy atom. The van der Waals surface area contributed by atoms with Crippen molar-refractivity contribution < 1.29 is 9.59 Å². The van der Waals surface area contributed by atoms with Crippen LogP contribution in [0.5, 0.6) is 0 Å². The van der Waals surface area contributed by atoms with Crippen LogP contribution < -0.4 is 0 Å². The molecule has 1 aromatic carbocycles. The fourth-order valence-electron chi connectivity index (χ4n) is 3.54. The smallest absolute Gasteiger partial charge is 0.257 e. The first-order chi connectivity index (χ1) is 13.4. The molecule has 1 saturated heterocycles. The van der Waals surface area contributed by atoms with Crippen LogP contribution in [-0.4, -0.2) is 57.6 Å². The number of hydrogen-bond acceptors (Lipinski definition) is 3. The molecule has 0 spiro atoms. The van der Waals surface area contributed by atoms with E-state index in [1.54, 1.807) is 28.6 Å². The topological polar surface area (TPSA) is 58.4 Å². The molecule has 1 fully saturated rings. The fourth-order valence-corrected chi connectivity index (χ4v) is 3.83. The summed E-state index contributed by atoms with van der Waals surface area (Å²) in [4.78, 5) is 28.5. The summed E-state index contributed by atoms with van der Waals surface area (Å²) in [5, 5.41) is 5.63. The third-order valence-electron chi connectivity index (χ3n) is 5.10. The Morgan fingerprint density at radius 3 is 2.18 bits per heavy atom. The standard InChI is InChI=1S/C20H24Cl2N4O2/c1-4-17-19(20(28)25-10-8-24(9-11-25)13(3)27)18(5-2)26(23-17)14-6-7-15(21)16(22)12-14/h6-7,12H,4-5,8-11H2,1-3H3. The van der Waals surface area contributed by atoms with Crippen LogP contribution in [0.1, 0.15) is 42.5 Å². The van der Waals surface area contributed by atoms with Crippen LogP contribution in [0.25, 0.3) is 5.69 Å². The van der Waals surface area contributed by atoms with Crippen molar-refractivity contribution >= 4 is 35.0 Å². The van der Waals surface area contributed by atoms with Gasteiger partial charge in [0.2, 0.25) is 5.91 Å². The summed E-state index contributed by atoms with van der Waals surface area (Å²) < 4.78 is 1.79. The summed E-state index contributed by atoms with van der Waals surface area (Å²) in [7, 11) is 0. The number of benzene rings is 1. The highest BCUT2D eigenvalue weighted by Gasteiger charge is 2.29. The molecule has 1 aliphatic heterocycles. The highest BCUT2D eigenvalue weighted by atomic mass is 35.5. The second kappa shape index (κ2) is 8.53. The first-order valence-corrected chi connectivity index (χ1v) is 10.2. The molecule has 28 heavy (non-hydrogen) atoms. The number of hydrogen-bond donors (Lipinski definition) is 0. The largest absolute Gasteiger partial charge is 0.339 e. The molecule has 0 radical (unpaired) electrons. The van der Waals surface area contributed by atoms with E-state index in [0.29, 0.717) is 54.6 Å². The van der Waals surface area contributed by atoms with E-state index in [-0.39, 0.29) is 11.8 Å². The molecule has 1 aliphatic rings. The molecule has 0 unspecified atom stereocenters. The average molecular weight is 423 g/mol. The molecule has 0 aliphatic carbocycles. The molecular weight excluding hydrogens is 399 g/mol. The van der Waals surface area contributed by atoms with E-state index in [4.69, 9.17) is 28.3 Å². The minimum absolute atomic E-state index is 0.0248. The van der Waals surface area contributed by atoms with Crippen LogP contribution in [0.2, 0.25) is 10.0 Å². The number of halogens is 2. The molecule has 1 aromatic heterocycles. The summed E-state index contributed by atoms with van der Waals surface area (Å²) in [6, 6.07) is 5.34. The minimum atomic E-state index is -0.0248. The van der Waals surface area contributed by atoms with E-state index in [9.17, 15) is 9.59 Å². The summed E-state index contributed by atoms with van der Waals surface area (Å²) in [6.07, 6.45) is 1.30. The van der Waals surface area contributed by atoms with Crippen LogP contribution in [-0.2, 0) is 17.6 Å². The Bertz CT molecular complexity index is 902. The lowest BCUT2D eigenvalue weighted by Gasteiger charge is -2.34. The zero-order valence-electron chi connectivity index (χ0n) is 16.3. The third kappa shape index (κ3) is 3.89. The van der Waals surface area contributed by atoms with Crippen molar-refractivity contribution in [3.05, 3.63) is 45.2 Å². The molecule has 0 saturated carbocycles. The van der Waals surface area contributed by atoms with Crippen LogP contribution in [0.3, 0.4) is 0 Å². The molecule has 3 rings (SSSR count). The SMILES string of the molecule is CCc1nn(-c2ccc(Cl)c(Cl)c2)c(CC)c1C(=O)N1CCN(C(C)=O)CC1. The van der Waals surface area contributed by atoms with Crippen LogP contribution >= 0.6 is 23.2 Å². The normalized spacial score (nSPS) is 14.5. The molecular formula is C20H24Cl2N4O2. The van der Waals surface area contributed by atoms with Crippen LogP contribution in [0.4, 0.5) is 0 Å². The predicted molar refractivity (Wildman–Crippen MR) is 110 cm³/mol. The van der Waals surface area contributed by atoms with Crippen molar-refractivity contribution in [2.75, 3.05) is 26.2 Å². The van der Waals surface area contributed by atoms with Crippen LogP contribution in [0, 0.1) is 0 Å². The quantitative estimate of drug-likeness (QED) is 0.755. The zero-order chi connectivity index (χ0) is 20.4. The van der Waals surface area contributed by atoms with E-state index in [0.717, 1.165) is 17.1 Å². The summed E-state index contributed by atoms with van der Waals surface area (Å²) in [5.74, 6) is 0.0197. The van der Waals surface area contributed by atoms with Crippen molar-refractivity contribution in [1.82, 2.24) is 19.6 Å². The van der Waals surface area contributed by atoms with Gasteiger partial charge in [0.05, 0.1) is 32.7 Å². The van der Waals surface area contributed by atoms with E-state index in [1.165, 1.54) is 0 Å². The van der Waals surface area contributed by atoms with Gasteiger partial charge in [-0.15, -0.1) is 0 Å². The molecule has 8 heteroatoms. The highest BCUT2D eigenvalue weighted by Crippen LogP contribution is 2.27. The maximum Gasteiger partial charge on any atom is 0.257 e. The Morgan fingerprint density at radius 2 is 1.64 bits per heavy atom. The summed E-state index contributed by atoms with van der Waals surface area (Å²) in [5.41, 5.74) is 3.06. The Hall–Kier alpha value is -2.05. The number of rotatable bonds is 4. The molecule has 150 valence electrons. The molecule has 0 N–H and O–H groups in total. The number of carbonyl (C=O) groups is 2. The highest BCUT2D eigenvalue weighted by molar-refractivity contribution is 6.42. The van der Waals surface area contributed by atoms with Gasteiger partial charge in [-0.1, -0.05) is 37.0 Å². The molecule has 2 aromatic rings. The number of nitrogens with zero attached hydrogens (tertiary/aromatic N) is 4. The number of amides is 2. The second-order valence-corrected chi connectivity index (χ2v) is 7.60. The van der Waals surface area contributed by atoms with Gasteiger partial charge >= 0.3 is 0 Å². The van der Waals surface area contributed by atoms with E-state index < -0.39 is 0 Å². The van der Waals surface area contributed by atoms with E-state index in [2.05, 4.69) is 0 Å². The zero-order valence-corrected chi connectivity index (χ0v) is 17.8. The van der Waals surface area contributed by atoms with Gasteiger partial charge in [-0.05, 0) is 31.0 Å². The Kier molecular flexibility index (Phi) is 6.30. The van der Waals surface area contributed by atoms with Gasteiger partial charge in [0.25, 0.3) is 5.91 Å². The molecule has 2 heterocycles. The van der Waals surface area contributed by atoms with Crippen molar-refractivity contribution in [1.29, 1.82) is 0 Å². The molecule has 6 nitrogen and oxygen atoms in total. The maximum atomic E-state index is 13.3. The molecule has 0 atom stereocenters. The number of aromatic nitrogens is 2. The van der Waals surface area contributed by atoms with Gasteiger partial charge in [0, 0.05) is 33.1 Å². The fraction of sp³-hybridized carbons (Fsp3) is 0.450. The summed E-state index contributed by atoms with van der Waals surface area (Å²) in [6.45, 7) is 7.74. The Labute approximate surface area is 175 Å². The monoisotopic (exact) mass is 422 g/mol. The van der Waals surface area contributed by atoms with Gasteiger partial charge in [0.15, 0.2) is 0 Å². The van der Waals surface area contributed by atoms with Crippen molar-refractivity contribution in [3.63, 3.8) is 0 Å². The van der Waals surface area contributed by atoms with Crippen molar-refractivity contribution in [2.24, 2.45) is 0 Å². The van der Waals surface area contributed by atoms with E-state index in [1.807, 2.05) is 24.8 Å². The lowest BCUT2D eigenvalue weighted by atomic mass is 10.1. The van der Waals surface area contributed by atoms with Gasteiger partial charge in [0.1, 0.15) is 0 Å². The van der Waals surface area contributed by atoms with Gasteiger partial charge < -0.3 is 9.80 Å². The predicted octanol–water partition coefficient (Wildman–Crippen LogP) is 3.61. The first-order valence-electron chi connectivity index (χ1n) is 9.48. The number of carbonyl (C=O) groups excluding carboxylic acids is 2. The average Bonchev–Trinajstić information content (AvgIpc) is 3.08. The molecule has 2 amide bonds. The lowest BCUT2D eigenvalue weighted by Crippen LogP contribution is -2.50. The first kappa shape index (κ1) is 20.7. The number of aryl methyl sites for hydroxylation is 1. The Balaban J connectivity index is 1.96. The van der Waals surface area contributed by atoms with Crippen molar-refractivity contribution in [2.45, 2.75) is 33.6 Å². The van der Waals surface area contributed by atoms with E-state index >= 15 is 0 Å². The number of piperazine rings is 1. The van der Waals surface area contributed by atoms with Gasteiger partial charge in [-0.2, -0.15) is 5.10 Å². The van der Waals surface area contributed by atoms with Gasteiger partial charge in [-0.3, -0.25) is 9.59 Å².